The Morgan fingerprint density at radius 3 is 2.58 bits per heavy atom. The normalized spacial score (nSPS) is 14.2. The summed E-state index contributed by atoms with van der Waals surface area (Å²) in [7, 11) is 1.62. The predicted octanol–water partition coefficient (Wildman–Crippen LogP) is 2.86. The Balaban J connectivity index is 1.20. The molecule has 10 heteroatoms. The molecule has 0 radical (unpaired) electrons. The summed E-state index contributed by atoms with van der Waals surface area (Å²) in [5.74, 6) is 1.41. The van der Waals surface area contributed by atoms with Crippen molar-refractivity contribution >= 4 is 22.2 Å². The first-order chi connectivity index (χ1) is 17.5. The van der Waals surface area contributed by atoms with Crippen LogP contribution < -0.4 is 15.0 Å². The molecule has 2 aromatic carbocycles. The number of aromatic nitrogens is 3. The molecule has 36 heavy (non-hydrogen) atoms. The van der Waals surface area contributed by atoms with Crippen LogP contribution >= 0.6 is 11.3 Å². The Morgan fingerprint density at radius 1 is 1.03 bits per heavy atom. The van der Waals surface area contributed by atoms with Crippen molar-refractivity contribution in [3.8, 4) is 22.1 Å². The number of hydrogen-bond donors (Lipinski definition) is 0. The molecule has 2 aromatic heterocycles. The fraction of sp³-hybridized carbons (Fsp3) is 0.308. The zero-order valence-electron chi connectivity index (χ0n) is 20.2. The van der Waals surface area contributed by atoms with Crippen LogP contribution in [0.1, 0.15) is 11.3 Å². The van der Waals surface area contributed by atoms with Gasteiger partial charge in [0.2, 0.25) is 4.96 Å². The van der Waals surface area contributed by atoms with Gasteiger partial charge < -0.3 is 14.4 Å². The van der Waals surface area contributed by atoms with Gasteiger partial charge >= 0.3 is 0 Å². The lowest BCUT2D eigenvalue weighted by atomic mass is 10.2. The monoisotopic (exact) mass is 505 g/mol. The molecule has 4 aromatic rings. The number of rotatable bonds is 7. The quantitative estimate of drug-likeness (QED) is 0.382. The molecular formula is C26H27N5O4S. The Morgan fingerprint density at radius 2 is 1.81 bits per heavy atom. The molecule has 0 atom stereocenters. The maximum Gasteiger partial charge on any atom is 0.275 e. The Kier molecular flexibility index (Phi) is 6.97. The van der Waals surface area contributed by atoms with Crippen LogP contribution in [0.5, 0.6) is 11.5 Å². The minimum atomic E-state index is -0.206. The van der Waals surface area contributed by atoms with E-state index in [2.05, 4.69) is 15.0 Å². The molecule has 1 amide bonds. The molecule has 0 saturated carbocycles. The summed E-state index contributed by atoms with van der Waals surface area (Å²) in [5, 5.41) is 5.16. The van der Waals surface area contributed by atoms with Gasteiger partial charge in [-0.1, -0.05) is 35.6 Å². The number of carbonyl (C=O) groups is 1. The molecule has 1 aliphatic heterocycles. The van der Waals surface area contributed by atoms with Crippen LogP contribution in [0.2, 0.25) is 0 Å². The summed E-state index contributed by atoms with van der Waals surface area (Å²) in [6, 6.07) is 16.8. The first-order valence-corrected chi connectivity index (χ1v) is 12.5. The maximum absolute atomic E-state index is 12.7. The molecule has 1 aliphatic rings. The van der Waals surface area contributed by atoms with E-state index in [1.54, 1.807) is 7.11 Å². The van der Waals surface area contributed by atoms with Crippen LogP contribution in [-0.4, -0.2) is 70.2 Å². The summed E-state index contributed by atoms with van der Waals surface area (Å²) in [6.07, 6.45) is 0. The van der Waals surface area contributed by atoms with Gasteiger partial charge in [0.25, 0.3) is 11.5 Å². The van der Waals surface area contributed by atoms with Gasteiger partial charge in [-0.3, -0.25) is 14.5 Å². The van der Waals surface area contributed by atoms with Crippen molar-refractivity contribution in [1.29, 1.82) is 0 Å². The smallest absolute Gasteiger partial charge is 0.275 e. The highest BCUT2D eigenvalue weighted by Crippen LogP contribution is 2.27. The average molecular weight is 506 g/mol. The van der Waals surface area contributed by atoms with Crippen LogP contribution in [0.25, 0.3) is 15.5 Å². The van der Waals surface area contributed by atoms with Gasteiger partial charge in [0, 0.05) is 44.4 Å². The summed E-state index contributed by atoms with van der Waals surface area (Å²) in [4.78, 5) is 34.6. The summed E-state index contributed by atoms with van der Waals surface area (Å²) < 4.78 is 12.3. The van der Waals surface area contributed by atoms with E-state index < -0.39 is 0 Å². The number of benzene rings is 2. The second-order valence-corrected chi connectivity index (χ2v) is 9.64. The van der Waals surface area contributed by atoms with Crippen molar-refractivity contribution < 1.29 is 14.3 Å². The summed E-state index contributed by atoms with van der Waals surface area (Å²) in [6.45, 7) is 5.18. The number of methoxy groups -OCH3 is 1. The molecule has 1 fully saturated rings. The van der Waals surface area contributed by atoms with Gasteiger partial charge in [-0.25, -0.2) is 4.98 Å². The second kappa shape index (κ2) is 10.5. The third-order valence-electron chi connectivity index (χ3n) is 6.08. The van der Waals surface area contributed by atoms with Gasteiger partial charge in [0.15, 0.2) is 6.61 Å². The van der Waals surface area contributed by atoms with Crippen molar-refractivity contribution in [3.05, 3.63) is 76.2 Å². The molecule has 186 valence electrons. The first kappa shape index (κ1) is 24.0. The highest BCUT2D eigenvalue weighted by atomic mass is 32.1. The van der Waals surface area contributed by atoms with Crippen LogP contribution in [0.3, 0.4) is 0 Å². The Hall–Kier alpha value is -3.76. The summed E-state index contributed by atoms with van der Waals surface area (Å²) >= 11 is 1.37. The fourth-order valence-electron chi connectivity index (χ4n) is 4.14. The molecule has 3 heterocycles. The van der Waals surface area contributed by atoms with E-state index in [4.69, 9.17) is 9.47 Å². The molecule has 0 aliphatic carbocycles. The largest absolute Gasteiger partial charge is 0.497 e. The third-order valence-corrected chi connectivity index (χ3v) is 7.03. The number of carbonyl (C=O) groups excluding carboxylic acids is 1. The van der Waals surface area contributed by atoms with E-state index in [9.17, 15) is 9.59 Å². The molecule has 0 spiro atoms. The lowest BCUT2D eigenvalue weighted by molar-refractivity contribution is -0.135. The van der Waals surface area contributed by atoms with Crippen LogP contribution in [0.15, 0.2) is 59.4 Å². The number of nitrogens with zero attached hydrogens (tertiary/aromatic N) is 5. The predicted molar refractivity (Wildman–Crippen MR) is 138 cm³/mol. The van der Waals surface area contributed by atoms with Crippen LogP contribution in [0, 0.1) is 6.92 Å². The van der Waals surface area contributed by atoms with Gasteiger partial charge in [-0.05, 0) is 36.8 Å². The van der Waals surface area contributed by atoms with Crippen LogP contribution in [-0.2, 0) is 11.3 Å². The highest BCUT2D eigenvalue weighted by Gasteiger charge is 2.22. The number of ether oxygens (including phenoxy) is 2. The van der Waals surface area contributed by atoms with E-state index in [-0.39, 0.29) is 18.1 Å². The maximum atomic E-state index is 12.7. The fourth-order valence-corrected chi connectivity index (χ4v) is 5.06. The SMILES string of the molecule is COc1cccc(-c2nn3c(=O)cc(CN4CCN(C(=O)COc5cccc(C)c5)CC4)nc3s2)c1. The molecular weight excluding hydrogens is 478 g/mol. The van der Waals surface area contributed by atoms with Gasteiger partial charge in [0.05, 0.1) is 12.8 Å². The molecule has 0 N–H and O–H groups in total. The standard InChI is InChI=1S/C26H27N5O4S/c1-18-5-3-8-22(13-18)35-17-24(33)30-11-9-29(10-12-30)16-20-15-23(32)31-26(27-20)36-25(28-31)19-6-4-7-21(14-19)34-2/h3-8,13-15H,9-12,16-17H2,1-2H3. The lowest BCUT2D eigenvalue weighted by Gasteiger charge is -2.34. The highest BCUT2D eigenvalue weighted by molar-refractivity contribution is 7.19. The lowest BCUT2D eigenvalue weighted by Crippen LogP contribution is -2.49. The van der Waals surface area contributed by atoms with Crippen LogP contribution in [0.4, 0.5) is 0 Å². The second-order valence-electron chi connectivity index (χ2n) is 8.68. The number of aryl methyl sites for hydroxylation is 1. The van der Waals surface area contributed by atoms with E-state index in [1.165, 1.54) is 21.9 Å². The number of fused-ring (bicyclic) bond motifs is 1. The number of piperazine rings is 1. The third kappa shape index (κ3) is 5.39. The van der Waals surface area contributed by atoms with E-state index in [1.807, 2.05) is 60.4 Å². The summed E-state index contributed by atoms with van der Waals surface area (Å²) in [5.41, 5.74) is 2.46. The van der Waals surface area contributed by atoms with E-state index >= 15 is 0 Å². The molecule has 5 rings (SSSR count). The van der Waals surface area contributed by atoms with Crippen molar-refractivity contribution in [3.63, 3.8) is 0 Å². The zero-order chi connectivity index (χ0) is 25.1. The van der Waals surface area contributed by atoms with Gasteiger partial charge in [-0.2, -0.15) is 9.61 Å². The minimum Gasteiger partial charge on any atom is -0.497 e. The van der Waals surface area contributed by atoms with Gasteiger partial charge in [-0.15, -0.1) is 0 Å². The van der Waals surface area contributed by atoms with Crippen molar-refractivity contribution in [2.45, 2.75) is 13.5 Å². The number of hydrogen-bond acceptors (Lipinski definition) is 8. The minimum absolute atomic E-state index is 0.0244. The molecule has 1 saturated heterocycles. The van der Waals surface area contributed by atoms with E-state index in [0.717, 1.165) is 16.9 Å². The zero-order valence-corrected chi connectivity index (χ0v) is 21.0. The molecule has 0 unspecified atom stereocenters. The van der Waals surface area contributed by atoms with Gasteiger partial charge in [0.1, 0.15) is 16.5 Å². The topological polar surface area (TPSA) is 89.3 Å². The number of amides is 1. The van der Waals surface area contributed by atoms with Crippen molar-refractivity contribution in [1.82, 2.24) is 24.4 Å². The Labute approximate surface area is 212 Å². The molecule has 9 nitrogen and oxygen atoms in total. The van der Waals surface area contributed by atoms with Crippen molar-refractivity contribution in [2.24, 2.45) is 0 Å². The Bertz CT molecular complexity index is 1440. The first-order valence-electron chi connectivity index (χ1n) is 11.7. The van der Waals surface area contributed by atoms with E-state index in [0.29, 0.717) is 54.1 Å². The van der Waals surface area contributed by atoms with Crippen molar-refractivity contribution in [2.75, 3.05) is 39.9 Å². The average Bonchev–Trinajstić information content (AvgIpc) is 3.33. The molecule has 0 bridgehead atoms.